The third-order valence-electron chi connectivity index (χ3n) is 2.87. The van der Waals surface area contributed by atoms with Crippen molar-refractivity contribution in [2.45, 2.75) is 57.9 Å². The van der Waals surface area contributed by atoms with E-state index in [2.05, 4.69) is 12.1 Å². The van der Waals surface area contributed by atoms with E-state index in [1.165, 1.54) is 32.1 Å². The van der Waals surface area contributed by atoms with Crippen LogP contribution in [0.3, 0.4) is 0 Å². The quantitative estimate of drug-likeness (QED) is 0.552. The Kier molecular flexibility index (Phi) is 4.26. The van der Waals surface area contributed by atoms with Crippen molar-refractivity contribution in [1.29, 1.82) is 0 Å². The molecule has 0 amide bonds. The van der Waals surface area contributed by atoms with E-state index in [0.29, 0.717) is 0 Å². The molecule has 0 aromatic carbocycles. The highest BCUT2D eigenvalue weighted by molar-refractivity contribution is 4.69. The highest BCUT2D eigenvalue weighted by atomic mass is 16.3. The van der Waals surface area contributed by atoms with Gasteiger partial charge in [0.05, 0.1) is 6.04 Å². The molecule has 0 N–H and O–H groups in total. The highest BCUT2D eigenvalue weighted by Gasteiger charge is 2.12. The molecule has 70 valence electrons. The molecular formula is C10H19NO. The average molecular weight is 169 g/mol. The van der Waals surface area contributed by atoms with Crippen LogP contribution in [0, 0.1) is 10.8 Å². The molecule has 12 heavy (non-hydrogen) atoms. The molecule has 0 aromatic heterocycles. The Morgan fingerprint density at radius 2 is 1.58 bits per heavy atom. The number of hydrogen-bond donors (Lipinski definition) is 0. The second-order valence-electron chi connectivity index (χ2n) is 4.08. The predicted molar refractivity (Wildman–Crippen MR) is 51.1 cm³/mol. The fraction of sp³-hybridized carbons (Fsp3) is 1.00. The molecular weight excluding hydrogens is 150 g/mol. The molecule has 0 aliphatic heterocycles. The standard InChI is InChI=1S/C10H19NO/c1-9-5-2-3-7-10(11-12)8-4-6-9/h9-10H,2-8H2,1H3. The first-order valence-electron chi connectivity index (χ1n) is 5.15. The summed E-state index contributed by atoms with van der Waals surface area (Å²) >= 11 is 0. The first-order valence-corrected chi connectivity index (χ1v) is 5.15. The molecule has 2 nitrogen and oxygen atoms in total. The van der Waals surface area contributed by atoms with Crippen molar-refractivity contribution in [3.05, 3.63) is 4.91 Å². The summed E-state index contributed by atoms with van der Waals surface area (Å²) in [7, 11) is 0. The van der Waals surface area contributed by atoms with E-state index in [1.807, 2.05) is 0 Å². The Balaban J connectivity index is 2.31. The normalized spacial score (nSPS) is 33.1. The van der Waals surface area contributed by atoms with Crippen LogP contribution in [-0.4, -0.2) is 6.04 Å². The van der Waals surface area contributed by atoms with E-state index in [9.17, 15) is 4.91 Å². The summed E-state index contributed by atoms with van der Waals surface area (Å²) < 4.78 is 0. The molecule has 1 aliphatic carbocycles. The number of nitrogens with zero attached hydrogens (tertiary/aromatic N) is 1. The molecule has 0 heterocycles. The maximum Gasteiger partial charge on any atom is 0.0919 e. The molecule has 2 unspecified atom stereocenters. The van der Waals surface area contributed by atoms with Crippen molar-refractivity contribution < 1.29 is 0 Å². The number of hydrogen-bond acceptors (Lipinski definition) is 2. The van der Waals surface area contributed by atoms with E-state index in [0.717, 1.165) is 18.8 Å². The van der Waals surface area contributed by atoms with Gasteiger partial charge in [-0.05, 0) is 18.8 Å². The summed E-state index contributed by atoms with van der Waals surface area (Å²) in [6, 6.07) is 0.121. The molecule has 2 atom stereocenters. The zero-order chi connectivity index (χ0) is 8.81. The average Bonchev–Trinajstić information content (AvgIpc) is 2.17. The van der Waals surface area contributed by atoms with Crippen LogP contribution in [0.2, 0.25) is 0 Å². The summed E-state index contributed by atoms with van der Waals surface area (Å²) in [6.07, 6.45) is 8.34. The van der Waals surface area contributed by atoms with Gasteiger partial charge in [0.2, 0.25) is 0 Å². The monoisotopic (exact) mass is 169 g/mol. The van der Waals surface area contributed by atoms with Gasteiger partial charge in [-0.15, -0.1) is 0 Å². The Labute approximate surface area is 74.7 Å². The minimum atomic E-state index is 0.121. The first-order chi connectivity index (χ1) is 5.83. The smallest absolute Gasteiger partial charge is 0.0919 e. The molecule has 0 radical (unpaired) electrons. The van der Waals surface area contributed by atoms with E-state index >= 15 is 0 Å². The lowest BCUT2D eigenvalue weighted by Crippen LogP contribution is -2.02. The number of rotatable bonds is 1. The zero-order valence-electron chi connectivity index (χ0n) is 7.96. The lowest BCUT2D eigenvalue weighted by atomic mass is 9.99. The largest absolute Gasteiger partial charge is 0.151 e. The summed E-state index contributed by atoms with van der Waals surface area (Å²) in [4.78, 5) is 10.4. The van der Waals surface area contributed by atoms with Crippen LogP contribution in [0.15, 0.2) is 5.18 Å². The Morgan fingerprint density at radius 3 is 2.33 bits per heavy atom. The SMILES string of the molecule is CC1CCCCC(N=O)CCC1. The van der Waals surface area contributed by atoms with Gasteiger partial charge < -0.3 is 0 Å². The summed E-state index contributed by atoms with van der Waals surface area (Å²) in [5.74, 6) is 0.857. The lowest BCUT2D eigenvalue weighted by molar-refractivity contribution is 0.462. The lowest BCUT2D eigenvalue weighted by Gasteiger charge is -2.07. The predicted octanol–water partition coefficient (Wildman–Crippen LogP) is 3.50. The second-order valence-corrected chi connectivity index (χ2v) is 4.08. The zero-order valence-corrected chi connectivity index (χ0v) is 7.96. The summed E-state index contributed by atoms with van der Waals surface area (Å²) in [5, 5.41) is 3.17. The minimum Gasteiger partial charge on any atom is -0.151 e. The van der Waals surface area contributed by atoms with E-state index in [-0.39, 0.29) is 6.04 Å². The molecule has 0 saturated heterocycles. The first kappa shape index (κ1) is 9.69. The molecule has 2 heteroatoms. The van der Waals surface area contributed by atoms with Gasteiger partial charge in [0.25, 0.3) is 0 Å². The van der Waals surface area contributed by atoms with Gasteiger partial charge in [0, 0.05) is 0 Å². The third-order valence-corrected chi connectivity index (χ3v) is 2.87. The van der Waals surface area contributed by atoms with Gasteiger partial charge in [-0.25, -0.2) is 0 Å². The Bertz CT molecular complexity index is 136. The van der Waals surface area contributed by atoms with Crippen LogP contribution < -0.4 is 0 Å². The topological polar surface area (TPSA) is 29.4 Å². The van der Waals surface area contributed by atoms with Crippen molar-refractivity contribution in [1.82, 2.24) is 0 Å². The molecule has 0 spiro atoms. The summed E-state index contributed by atoms with van der Waals surface area (Å²) in [5.41, 5.74) is 0. The van der Waals surface area contributed by atoms with E-state index in [1.54, 1.807) is 0 Å². The van der Waals surface area contributed by atoms with Crippen molar-refractivity contribution in [2.24, 2.45) is 11.1 Å². The highest BCUT2D eigenvalue weighted by Crippen LogP contribution is 2.22. The fourth-order valence-electron chi connectivity index (χ4n) is 1.97. The Hall–Kier alpha value is -0.400. The number of nitroso groups, excluding NO2 is 1. The van der Waals surface area contributed by atoms with Gasteiger partial charge in [-0.1, -0.05) is 44.2 Å². The van der Waals surface area contributed by atoms with Crippen LogP contribution in [-0.2, 0) is 0 Å². The van der Waals surface area contributed by atoms with Gasteiger partial charge in [0.1, 0.15) is 0 Å². The maximum absolute atomic E-state index is 10.4. The van der Waals surface area contributed by atoms with Gasteiger partial charge in [-0.3, -0.25) is 0 Å². The van der Waals surface area contributed by atoms with E-state index in [4.69, 9.17) is 0 Å². The van der Waals surface area contributed by atoms with E-state index < -0.39 is 0 Å². The molecule has 1 rings (SSSR count). The van der Waals surface area contributed by atoms with Crippen molar-refractivity contribution in [3.8, 4) is 0 Å². The molecule has 1 aliphatic rings. The van der Waals surface area contributed by atoms with Crippen molar-refractivity contribution in [2.75, 3.05) is 0 Å². The van der Waals surface area contributed by atoms with Gasteiger partial charge in [0.15, 0.2) is 0 Å². The van der Waals surface area contributed by atoms with Crippen molar-refractivity contribution >= 4 is 0 Å². The molecule has 0 aromatic rings. The van der Waals surface area contributed by atoms with Crippen LogP contribution in [0.25, 0.3) is 0 Å². The van der Waals surface area contributed by atoms with Crippen LogP contribution in [0.1, 0.15) is 51.9 Å². The molecule has 1 fully saturated rings. The minimum absolute atomic E-state index is 0.121. The maximum atomic E-state index is 10.4. The van der Waals surface area contributed by atoms with Crippen LogP contribution >= 0.6 is 0 Å². The molecule has 0 bridgehead atoms. The Morgan fingerprint density at radius 1 is 1.00 bits per heavy atom. The second kappa shape index (κ2) is 5.28. The van der Waals surface area contributed by atoms with Gasteiger partial charge in [-0.2, -0.15) is 4.91 Å². The fourth-order valence-corrected chi connectivity index (χ4v) is 1.97. The molecule has 1 saturated carbocycles. The third kappa shape index (κ3) is 3.33. The van der Waals surface area contributed by atoms with Crippen molar-refractivity contribution in [3.63, 3.8) is 0 Å². The summed E-state index contributed by atoms with van der Waals surface area (Å²) in [6.45, 7) is 2.31. The van der Waals surface area contributed by atoms with Crippen LogP contribution in [0.5, 0.6) is 0 Å². The van der Waals surface area contributed by atoms with Gasteiger partial charge >= 0.3 is 0 Å². The van der Waals surface area contributed by atoms with Crippen LogP contribution in [0.4, 0.5) is 0 Å².